The molecule has 16 heavy (non-hydrogen) atoms. The Hall–Kier alpha value is -1.61. The Bertz CT molecular complexity index is 508. The zero-order valence-corrected chi connectivity index (χ0v) is 9.79. The van der Waals surface area contributed by atoms with Crippen LogP contribution in [0.15, 0.2) is 42.5 Å². The summed E-state index contributed by atoms with van der Waals surface area (Å²) in [5.41, 5.74) is 0. The van der Waals surface area contributed by atoms with Crippen LogP contribution in [0.2, 0.25) is 0 Å². The molecule has 2 nitrogen and oxygen atoms in total. The Morgan fingerprint density at radius 1 is 1.12 bits per heavy atom. The second-order valence-electron chi connectivity index (χ2n) is 3.29. The van der Waals surface area contributed by atoms with Gasteiger partial charge in [0.1, 0.15) is 5.75 Å². The quantitative estimate of drug-likeness (QED) is 0.738. The molecular weight excluding hydrogens is 220 g/mol. The number of rotatable bonds is 2. The molecule has 2 rings (SSSR count). The van der Waals surface area contributed by atoms with E-state index in [4.69, 9.17) is 21.7 Å². The molecule has 0 aromatic heterocycles. The summed E-state index contributed by atoms with van der Waals surface area (Å²) in [6, 6.07) is 13.9. The Labute approximate surface area is 99.8 Å². The van der Waals surface area contributed by atoms with Gasteiger partial charge >= 0.3 is 5.24 Å². The lowest BCUT2D eigenvalue weighted by molar-refractivity contribution is 0.264. The molecule has 0 spiro atoms. The van der Waals surface area contributed by atoms with Crippen molar-refractivity contribution in [1.29, 1.82) is 0 Å². The standard InChI is InChI=1S/C13H12O2S/c1-2-14-13(16)15-12-8-7-10-5-3-4-6-11(10)9-12/h3-9H,2H2,1H3. The van der Waals surface area contributed by atoms with E-state index < -0.39 is 0 Å². The molecule has 0 atom stereocenters. The smallest absolute Gasteiger partial charge is 0.357 e. The molecule has 0 N–H and O–H groups in total. The summed E-state index contributed by atoms with van der Waals surface area (Å²) in [5, 5.41) is 2.47. The van der Waals surface area contributed by atoms with Crippen molar-refractivity contribution >= 4 is 28.2 Å². The van der Waals surface area contributed by atoms with Gasteiger partial charge in [-0.05, 0) is 29.8 Å². The highest BCUT2D eigenvalue weighted by atomic mass is 32.1. The van der Waals surface area contributed by atoms with Gasteiger partial charge < -0.3 is 9.47 Å². The van der Waals surface area contributed by atoms with Crippen LogP contribution in [0.25, 0.3) is 10.8 Å². The number of hydrogen-bond donors (Lipinski definition) is 0. The molecule has 0 heterocycles. The van der Waals surface area contributed by atoms with E-state index >= 15 is 0 Å². The van der Waals surface area contributed by atoms with Crippen LogP contribution in [0.3, 0.4) is 0 Å². The topological polar surface area (TPSA) is 18.5 Å². The van der Waals surface area contributed by atoms with Gasteiger partial charge in [0, 0.05) is 12.2 Å². The van der Waals surface area contributed by atoms with E-state index in [9.17, 15) is 0 Å². The lowest BCUT2D eigenvalue weighted by Gasteiger charge is -2.07. The fourth-order valence-corrected chi connectivity index (χ4v) is 1.69. The van der Waals surface area contributed by atoms with Gasteiger partial charge in [-0.25, -0.2) is 0 Å². The van der Waals surface area contributed by atoms with Crippen molar-refractivity contribution in [2.45, 2.75) is 6.92 Å². The third-order valence-corrected chi connectivity index (χ3v) is 2.39. The molecule has 0 aliphatic rings. The van der Waals surface area contributed by atoms with Gasteiger partial charge in [-0.2, -0.15) is 0 Å². The monoisotopic (exact) mass is 232 g/mol. The van der Waals surface area contributed by atoms with E-state index in [1.807, 2.05) is 43.3 Å². The molecule has 0 bridgehead atoms. The molecule has 3 heteroatoms. The number of fused-ring (bicyclic) bond motifs is 1. The van der Waals surface area contributed by atoms with Crippen LogP contribution in [0.5, 0.6) is 5.75 Å². The van der Waals surface area contributed by atoms with E-state index in [1.54, 1.807) is 0 Å². The molecule has 0 unspecified atom stereocenters. The van der Waals surface area contributed by atoms with Gasteiger partial charge in [0.2, 0.25) is 0 Å². The van der Waals surface area contributed by atoms with Gasteiger partial charge in [0.05, 0.1) is 6.61 Å². The molecule has 0 saturated carbocycles. The molecule has 0 amide bonds. The second kappa shape index (κ2) is 4.94. The molecule has 2 aromatic carbocycles. The van der Waals surface area contributed by atoms with Crippen LogP contribution in [-0.2, 0) is 4.74 Å². The minimum atomic E-state index is 0.165. The van der Waals surface area contributed by atoms with Gasteiger partial charge in [-0.1, -0.05) is 30.3 Å². The van der Waals surface area contributed by atoms with E-state index in [1.165, 1.54) is 5.39 Å². The lowest BCUT2D eigenvalue weighted by atomic mass is 10.1. The Morgan fingerprint density at radius 3 is 2.62 bits per heavy atom. The van der Waals surface area contributed by atoms with E-state index in [2.05, 4.69) is 6.07 Å². The molecule has 0 fully saturated rings. The summed E-state index contributed by atoms with van der Waals surface area (Å²) in [6.07, 6.45) is 0. The van der Waals surface area contributed by atoms with Crippen molar-refractivity contribution in [2.24, 2.45) is 0 Å². The normalized spacial score (nSPS) is 10.1. The molecule has 0 aliphatic heterocycles. The SMILES string of the molecule is CCOC(=S)Oc1ccc2ccccc2c1. The predicted octanol–water partition coefficient (Wildman–Crippen LogP) is 3.54. The van der Waals surface area contributed by atoms with E-state index in [0.717, 1.165) is 5.39 Å². The summed E-state index contributed by atoms with van der Waals surface area (Å²) in [7, 11) is 0. The first-order valence-corrected chi connectivity index (χ1v) is 5.54. The second-order valence-corrected chi connectivity index (χ2v) is 3.63. The number of ether oxygens (including phenoxy) is 2. The van der Waals surface area contributed by atoms with Crippen LogP contribution >= 0.6 is 12.2 Å². The minimum Gasteiger partial charge on any atom is -0.457 e. The first kappa shape index (κ1) is 10.9. The van der Waals surface area contributed by atoms with Crippen molar-refractivity contribution in [3.63, 3.8) is 0 Å². The number of benzene rings is 2. The Kier molecular flexibility index (Phi) is 3.37. The van der Waals surface area contributed by atoms with Crippen LogP contribution in [0.1, 0.15) is 6.92 Å². The highest BCUT2D eigenvalue weighted by Crippen LogP contribution is 2.20. The van der Waals surface area contributed by atoms with Crippen LogP contribution < -0.4 is 4.74 Å². The summed E-state index contributed by atoms with van der Waals surface area (Å²) in [6.45, 7) is 2.39. The maximum Gasteiger partial charge on any atom is 0.357 e. The van der Waals surface area contributed by atoms with Crippen molar-refractivity contribution in [3.05, 3.63) is 42.5 Å². The third kappa shape index (κ3) is 2.49. The zero-order valence-electron chi connectivity index (χ0n) is 8.97. The summed E-state index contributed by atoms with van der Waals surface area (Å²) in [4.78, 5) is 0. The molecule has 2 aromatic rings. The number of hydrogen-bond acceptors (Lipinski definition) is 3. The van der Waals surface area contributed by atoms with Crippen LogP contribution in [-0.4, -0.2) is 11.8 Å². The van der Waals surface area contributed by atoms with Crippen molar-refractivity contribution in [3.8, 4) is 5.75 Å². The van der Waals surface area contributed by atoms with Crippen molar-refractivity contribution in [2.75, 3.05) is 6.61 Å². The maximum absolute atomic E-state index is 5.37. The van der Waals surface area contributed by atoms with Crippen LogP contribution in [0.4, 0.5) is 0 Å². The van der Waals surface area contributed by atoms with Crippen molar-refractivity contribution in [1.82, 2.24) is 0 Å². The largest absolute Gasteiger partial charge is 0.457 e. The highest BCUT2D eigenvalue weighted by molar-refractivity contribution is 7.79. The summed E-state index contributed by atoms with van der Waals surface area (Å²) in [5.74, 6) is 0.706. The summed E-state index contributed by atoms with van der Waals surface area (Å²) < 4.78 is 10.4. The van der Waals surface area contributed by atoms with Crippen molar-refractivity contribution < 1.29 is 9.47 Å². The maximum atomic E-state index is 5.37. The molecule has 0 radical (unpaired) electrons. The zero-order chi connectivity index (χ0) is 11.4. The third-order valence-electron chi connectivity index (χ3n) is 2.18. The first-order valence-electron chi connectivity index (χ1n) is 5.13. The first-order chi connectivity index (χ1) is 7.79. The highest BCUT2D eigenvalue weighted by Gasteiger charge is 2.01. The Morgan fingerprint density at radius 2 is 1.88 bits per heavy atom. The fourth-order valence-electron chi connectivity index (χ4n) is 1.47. The lowest BCUT2D eigenvalue weighted by Crippen LogP contribution is -2.09. The average molecular weight is 232 g/mol. The van der Waals surface area contributed by atoms with Gasteiger partial charge in [0.15, 0.2) is 0 Å². The van der Waals surface area contributed by atoms with E-state index in [0.29, 0.717) is 12.4 Å². The van der Waals surface area contributed by atoms with E-state index in [-0.39, 0.29) is 5.24 Å². The molecular formula is C13H12O2S. The molecule has 82 valence electrons. The molecule has 0 saturated heterocycles. The number of thiocarbonyl (C=S) groups is 1. The fraction of sp³-hybridized carbons (Fsp3) is 0.154. The predicted molar refractivity (Wildman–Crippen MR) is 68.8 cm³/mol. The van der Waals surface area contributed by atoms with Gasteiger partial charge in [-0.3, -0.25) is 0 Å². The minimum absolute atomic E-state index is 0.165. The Balaban J connectivity index is 2.22. The van der Waals surface area contributed by atoms with Gasteiger partial charge in [-0.15, -0.1) is 0 Å². The molecule has 0 aliphatic carbocycles. The van der Waals surface area contributed by atoms with Crippen LogP contribution in [0, 0.1) is 0 Å². The van der Waals surface area contributed by atoms with Gasteiger partial charge in [0.25, 0.3) is 0 Å². The average Bonchev–Trinajstić information content (AvgIpc) is 2.29. The summed E-state index contributed by atoms with van der Waals surface area (Å²) >= 11 is 4.91.